The predicted octanol–water partition coefficient (Wildman–Crippen LogP) is 1.25. The minimum atomic E-state index is -3.44. The van der Waals surface area contributed by atoms with Crippen molar-refractivity contribution in [3.63, 3.8) is 0 Å². The summed E-state index contributed by atoms with van der Waals surface area (Å²) < 4.78 is 30.8. The molecule has 5 heteroatoms. The molecule has 4 nitrogen and oxygen atoms in total. The van der Waals surface area contributed by atoms with Crippen molar-refractivity contribution in [3.05, 3.63) is 36.4 Å². The quantitative estimate of drug-likeness (QED) is 0.763. The smallest absolute Gasteiger partial charge is 0.240 e. The Labute approximate surface area is 96.0 Å². The summed E-state index contributed by atoms with van der Waals surface area (Å²) in [5.41, 5.74) is 0.773. The Bertz CT molecular complexity index is 454. The van der Waals surface area contributed by atoms with Gasteiger partial charge in [0, 0.05) is 13.7 Å². The standard InChI is InChI=1S/C11H15NO3S/c1-3-10-5-4-6-11(9-10)16(13,14)12-7-8-15-2/h3-6,9,12H,1,7-8H2,2H3. The minimum absolute atomic E-state index is 0.237. The number of benzene rings is 1. The summed E-state index contributed by atoms with van der Waals surface area (Å²) in [7, 11) is -1.92. The second-order valence-corrected chi connectivity index (χ2v) is 4.93. The van der Waals surface area contributed by atoms with Crippen LogP contribution in [0.25, 0.3) is 6.08 Å². The first-order valence-corrected chi connectivity index (χ1v) is 6.29. The highest BCUT2D eigenvalue weighted by Gasteiger charge is 2.12. The van der Waals surface area contributed by atoms with E-state index in [0.717, 1.165) is 5.56 Å². The van der Waals surface area contributed by atoms with Gasteiger partial charge < -0.3 is 4.74 Å². The molecule has 0 heterocycles. The average molecular weight is 241 g/mol. The number of ether oxygens (including phenoxy) is 1. The Balaban J connectivity index is 2.85. The van der Waals surface area contributed by atoms with Crippen LogP contribution < -0.4 is 4.72 Å². The fraction of sp³-hybridized carbons (Fsp3) is 0.273. The van der Waals surface area contributed by atoms with E-state index in [9.17, 15) is 8.42 Å². The van der Waals surface area contributed by atoms with Gasteiger partial charge in [-0.05, 0) is 17.7 Å². The zero-order chi connectivity index (χ0) is 12.0. The summed E-state index contributed by atoms with van der Waals surface area (Å²) in [5.74, 6) is 0. The van der Waals surface area contributed by atoms with Gasteiger partial charge in [-0.25, -0.2) is 13.1 Å². The van der Waals surface area contributed by atoms with Gasteiger partial charge in [0.05, 0.1) is 11.5 Å². The maximum Gasteiger partial charge on any atom is 0.240 e. The largest absolute Gasteiger partial charge is 0.383 e. The van der Waals surface area contributed by atoms with Gasteiger partial charge >= 0.3 is 0 Å². The van der Waals surface area contributed by atoms with Crippen molar-refractivity contribution in [2.24, 2.45) is 0 Å². The van der Waals surface area contributed by atoms with Crippen molar-refractivity contribution in [3.8, 4) is 0 Å². The van der Waals surface area contributed by atoms with E-state index in [1.807, 2.05) is 0 Å². The lowest BCUT2D eigenvalue weighted by molar-refractivity contribution is 0.204. The van der Waals surface area contributed by atoms with Crippen molar-refractivity contribution < 1.29 is 13.2 Å². The van der Waals surface area contributed by atoms with Gasteiger partial charge in [0.25, 0.3) is 0 Å². The summed E-state index contributed by atoms with van der Waals surface area (Å²) in [5, 5.41) is 0. The van der Waals surface area contributed by atoms with Crippen molar-refractivity contribution in [1.82, 2.24) is 4.72 Å². The topological polar surface area (TPSA) is 55.4 Å². The molecule has 16 heavy (non-hydrogen) atoms. The van der Waals surface area contributed by atoms with Crippen LogP contribution >= 0.6 is 0 Å². The Morgan fingerprint density at radius 2 is 2.25 bits per heavy atom. The van der Waals surface area contributed by atoms with Crippen molar-refractivity contribution in [2.75, 3.05) is 20.3 Å². The number of sulfonamides is 1. The van der Waals surface area contributed by atoms with Gasteiger partial charge in [-0.3, -0.25) is 0 Å². The van der Waals surface area contributed by atoms with Crippen LogP contribution in [0.15, 0.2) is 35.7 Å². The van der Waals surface area contributed by atoms with Crippen LogP contribution in [0.5, 0.6) is 0 Å². The molecule has 0 amide bonds. The molecule has 0 spiro atoms. The van der Waals surface area contributed by atoms with Crippen LogP contribution in [-0.2, 0) is 14.8 Å². The van der Waals surface area contributed by atoms with Crippen LogP contribution in [0, 0.1) is 0 Å². The van der Waals surface area contributed by atoms with E-state index in [-0.39, 0.29) is 11.4 Å². The van der Waals surface area contributed by atoms with Crippen LogP contribution in [-0.4, -0.2) is 28.7 Å². The second-order valence-electron chi connectivity index (χ2n) is 3.17. The third-order valence-electron chi connectivity index (χ3n) is 2.00. The van der Waals surface area contributed by atoms with Gasteiger partial charge in [-0.15, -0.1) is 0 Å². The molecule has 1 N–H and O–H groups in total. The molecule has 0 unspecified atom stereocenters. The van der Waals surface area contributed by atoms with Crippen molar-refractivity contribution in [1.29, 1.82) is 0 Å². The first-order valence-electron chi connectivity index (χ1n) is 4.81. The Kier molecular flexibility index (Phi) is 4.67. The first kappa shape index (κ1) is 12.9. The molecular formula is C11H15NO3S. The summed E-state index contributed by atoms with van der Waals surface area (Å²) in [6.07, 6.45) is 1.61. The molecule has 0 aromatic heterocycles. The normalized spacial score (nSPS) is 11.3. The third kappa shape index (κ3) is 3.44. The van der Waals surface area contributed by atoms with E-state index in [1.165, 1.54) is 7.11 Å². The number of hydrogen-bond acceptors (Lipinski definition) is 3. The minimum Gasteiger partial charge on any atom is -0.383 e. The molecule has 1 rings (SSSR count). The van der Waals surface area contributed by atoms with E-state index in [1.54, 1.807) is 30.3 Å². The van der Waals surface area contributed by atoms with Crippen molar-refractivity contribution >= 4 is 16.1 Å². The molecule has 0 atom stereocenters. The molecule has 0 bridgehead atoms. The molecule has 0 fully saturated rings. The molecule has 1 aromatic carbocycles. The number of rotatable bonds is 6. The molecule has 0 aliphatic heterocycles. The lowest BCUT2D eigenvalue weighted by Gasteiger charge is -2.06. The van der Waals surface area contributed by atoms with E-state index in [4.69, 9.17) is 4.74 Å². The van der Waals surface area contributed by atoms with Gasteiger partial charge in [0.2, 0.25) is 10.0 Å². The highest BCUT2D eigenvalue weighted by atomic mass is 32.2. The summed E-state index contributed by atoms with van der Waals surface area (Å²) >= 11 is 0. The third-order valence-corrected chi connectivity index (χ3v) is 3.46. The maximum atomic E-state index is 11.8. The lowest BCUT2D eigenvalue weighted by Crippen LogP contribution is -2.27. The highest BCUT2D eigenvalue weighted by molar-refractivity contribution is 7.89. The number of methoxy groups -OCH3 is 1. The predicted molar refractivity (Wildman–Crippen MR) is 63.6 cm³/mol. The van der Waals surface area contributed by atoms with Crippen LogP contribution in [0.4, 0.5) is 0 Å². The van der Waals surface area contributed by atoms with Gasteiger partial charge in [0.15, 0.2) is 0 Å². The fourth-order valence-electron chi connectivity index (χ4n) is 1.17. The van der Waals surface area contributed by atoms with Crippen LogP contribution in [0.2, 0.25) is 0 Å². The number of nitrogens with one attached hydrogen (secondary N) is 1. The van der Waals surface area contributed by atoms with Gasteiger partial charge in [-0.2, -0.15) is 0 Å². The van der Waals surface area contributed by atoms with E-state index in [0.29, 0.717) is 6.61 Å². The second kappa shape index (κ2) is 5.79. The fourth-order valence-corrected chi connectivity index (χ4v) is 2.24. The monoisotopic (exact) mass is 241 g/mol. The lowest BCUT2D eigenvalue weighted by atomic mass is 10.2. The van der Waals surface area contributed by atoms with Crippen molar-refractivity contribution in [2.45, 2.75) is 4.90 Å². The summed E-state index contributed by atoms with van der Waals surface area (Å²) in [6, 6.07) is 6.59. The van der Waals surface area contributed by atoms with Crippen LogP contribution in [0.1, 0.15) is 5.56 Å². The van der Waals surface area contributed by atoms with E-state index in [2.05, 4.69) is 11.3 Å². The SMILES string of the molecule is C=Cc1cccc(S(=O)(=O)NCCOC)c1. The van der Waals surface area contributed by atoms with E-state index >= 15 is 0 Å². The highest BCUT2D eigenvalue weighted by Crippen LogP contribution is 2.11. The molecule has 88 valence electrons. The molecular weight excluding hydrogens is 226 g/mol. The molecule has 0 saturated carbocycles. The molecule has 0 radical (unpaired) electrons. The Morgan fingerprint density at radius 3 is 2.88 bits per heavy atom. The average Bonchev–Trinajstić information content (AvgIpc) is 2.29. The number of hydrogen-bond donors (Lipinski definition) is 1. The Hall–Kier alpha value is -1.17. The molecule has 1 aromatic rings. The molecule has 0 aliphatic rings. The Morgan fingerprint density at radius 1 is 1.50 bits per heavy atom. The summed E-state index contributed by atoms with van der Waals surface area (Å²) in [6.45, 7) is 4.20. The van der Waals surface area contributed by atoms with Crippen LogP contribution in [0.3, 0.4) is 0 Å². The molecule has 0 saturated heterocycles. The van der Waals surface area contributed by atoms with E-state index < -0.39 is 10.0 Å². The molecule has 0 aliphatic carbocycles. The zero-order valence-electron chi connectivity index (χ0n) is 9.14. The summed E-state index contributed by atoms with van der Waals surface area (Å²) in [4.78, 5) is 0.237. The maximum absolute atomic E-state index is 11.8. The zero-order valence-corrected chi connectivity index (χ0v) is 9.96. The van der Waals surface area contributed by atoms with Gasteiger partial charge in [-0.1, -0.05) is 24.8 Å². The van der Waals surface area contributed by atoms with Gasteiger partial charge in [0.1, 0.15) is 0 Å². The first-order chi connectivity index (χ1) is 7.60.